The molecule has 2 aromatic carbocycles. The number of benzene rings is 2. The summed E-state index contributed by atoms with van der Waals surface area (Å²) < 4.78 is 27.1. The first-order chi connectivity index (χ1) is 10.6. The molecule has 0 saturated carbocycles. The lowest BCUT2D eigenvalue weighted by Gasteiger charge is -2.19. The van der Waals surface area contributed by atoms with Crippen molar-refractivity contribution in [3.63, 3.8) is 0 Å². The maximum absolute atomic E-state index is 12.4. The van der Waals surface area contributed by atoms with Gasteiger partial charge in [-0.3, -0.25) is 4.72 Å². The van der Waals surface area contributed by atoms with E-state index in [0.29, 0.717) is 0 Å². The Morgan fingerprint density at radius 2 is 1.65 bits per heavy atom. The largest absolute Gasteiger partial charge is 0.545 e. The lowest BCUT2D eigenvalue weighted by atomic mass is 9.87. The third-order valence-corrected chi connectivity index (χ3v) is 4.78. The van der Waals surface area contributed by atoms with Gasteiger partial charge in [-0.05, 0) is 40.8 Å². The van der Waals surface area contributed by atoms with Gasteiger partial charge in [-0.1, -0.05) is 45.0 Å². The molecular formula is C17H18NO4S-. The standard InChI is InChI=1S/C17H19NO4S/c1-17(2,3)13-7-9-15(10-8-13)23(21,22)18-14-6-4-5-12(11-14)16(19)20/h4-11,18H,1-3H3,(H,19,20)/p-1. The first kappa shape index (κ1) is 17.0. The van der Waals surface area contributed by atoms with Gasteiger partial charge in [-0.25, -0.2) is 8.42 Å². The molecule has 0 aliphatic rings. The van der Waals surface area contributed by atoms with E-state index >= 15 is 0 Å². The number of hydrogen-bond acceptors (Lipinski definition) is 4. The van der Waals surface area contributed by atoms with E-state index < -0.39 is 16.0 Å². The van der Waals surface area contributed by atoms with Crippen LogP contribution in [-0.4, -0.2) is 14.4 Å². The second-order valence-electron chi connectivity index (χ2n) is 6.25. The number of aromatic carboxylic acids is 1. The highest BCUT2D eigenvalue weighted by molar-refractivity contribution is 7.92. The average molecular weight is 332 g/mol. The van der Waals surface area contributed by atoms with Crippen LogP contribution < -0.4 is 9.83 Å². The Hall–Kier alpha value is -2.34. The summed E-state index contributed by atoms with van der Waals surface area (Å²) in [6, 6.07) is 12.1. The van der Waals surface area contributed by atoms with E-state index in [1.54, 1.807) is 12.1 Å². The molecule has 0 aromatic heterocycles. The van der Waals surface area contributed by atoms with Crippen molar-refractivity contribution < 1.29 is 18.3 Å². The summed E-state index contributed by atoms with van der Waals surface area (Å²) in [6.45, 7) is 6.13. The first-order valence-corrected chi connectivity index (χ1v) is 8.53. The monoisotopic (exact) mass is 332 g/mol. The number of nitrogens with one attached hydrogen (secondary N) is 1. The van der Waals surface area contributed by atoms with Crippen LogP contribution in [-0.2, 0) is 15.4 Å². The minimum atomic E-state index is -3.78. The van der Waals surface area contributed by atoms with Crippen molar-refractivity contribution in [1.82, 2.24) is 0 Å². The molecule has 0 radical (unpaired) electrons. The van der Waals surface area contributed by atoms with Gasteiger partial charge in [-0.2, -0.15) is 0 Å². The normalized spacial score (nSPS) is 12.0. The van der Waals surface area contributed by atoms with Crippen LogP contribution >= 0.6 is 0 Å². The predicted octanol–water partition coefficient (Wildman–Crippen LogP) is 2.15. The highest BCUT2D eigenvalue weighted by Gasteiger charge is 2.17. The molecule has 0 spiro atoms. The summed E-state index contributed by atoms with van der Waals surface area (Å²) in [5.41, 5.74) is 1.04. The topological polar surface area (TPSA) is 86.3 Å². The van der Waals surface area contributed by atoms with E-state index in [4.69, 9.17) is 0 Å². The molecular weight excluding hydrogens is 314 g/mol. The van der Waals surface area contributed by atoms with Gasteiger partial charge in [0.25, 0.3) is 10.0 Å². The summed E-state index contributed by atoms with van der Waals surface area (Å²) in [4.78, 5) is 10.9. The molecule has 0 bridgehead atoms. The summed E-state index contributed by atoms with van der Waals surface area (Å²) in [7, 11) is -3.78. The lowest BCUT2D eigenvalue weighted by molar-refractivity contribution is -0.255. The minimum Gasteiger partial charge on any atom is -0.545 e. The van der Waals surface area contributed by atoms with Crippen LogP contribution in [0.25, 0.3) is 0 Å². The molecule has 2 aromatic rings. The quantitative estimate of drug-likeness (QED) is 0.929. The molecule has 1 N–H and O–H groups in total. The van der Waals surface area contributed by atoms with Crippen molar-refractivity contribution in [3.05, 3.63) is 59.7 Å². The number of anilines is 1. The van der Waals surface area contributed by atoms with Crippen LogP contribution in [0.1, 0.15) is 36.7 Å². The van der Waals surface area contributed by atoms with E-state index in [9.17, 15) is 18.3 Å². The Balaban J connectivity index is 2.29. The molecule has 122 valence electrons. The number of hydrogen-bond donors (Lipinski definition) is 1. The Morgan fingerprint density at radius 3 is 2.17 bits per heavy atom. The van der Waals surface area contributed by atoms with Gasteiger partial charge in [0.15, 0.2) is 0 Å². The van der Waals surface area contributed by atoms with Crippen LogP contribution in [0.2, 0.25) is 0 Å². The van der Waals surface area contributed by atoms with Gasteiger partial charge in [0.1, 0.15) is 0 Å². The highest BCUT2D eigenvalue weighted by atomic mass is 32.2. The maximum Gasteiger partial charge on any atom is 0.261 e. The third kappa shape index (κ3) is 4.10. The third-order valence-electron chi connectivity index (χ3n) is 3.38. The number of carboxylic acids is 1. The van der Waals surface area contributed by atoms with Crippen molar-refractivity contribution in [2.24, 2.45) is 0 Å². The summed E-state index contributed by atoms with van der Waals surface area (Å²) >= 11 is 0. The van der Waals surface area contributed by atoms with E-state index in [0.717, 1.165) is 5.56 Å². The molecule has 5 nitrogen and oxygen atoms in total. The van der Waals surface area contributed by atoms with Crippen molar-refractivity contribution in [3.8, 4) is 0 Å². The Labute approximate surface area is 136 Å². The number of carboxylic acid groups (broad SMARTS) is 1. The lowest BCUT2D eigenvalue weighted by Crippen LogP contribution is -2.22. The maximum atomic E-state index is 12.4. The SMILES string of the molecule is CC(C)(C)c1ccc(S(=O)(=O)Nc2cccc(C(=O)[O-])c2)cc1. The molecule has 23 heavy (non-hydrogen) atoms. The Morgan fingerprint density at radius 1 is 1.04 bits per heavy atom. The van der Waals surface area contributed by atoms with Crippen LogP contribution in [0.5, 0.6) is 0 Å². The molecule has 0 saturated heterocycles. The smallest absolute Gasteiger partial charge is 0.261 e. The fourth-order valence-electron chi connectivity index (χ4n) is 2.06. The summed E-state index contributed by atoms with van der Waals surface area (Å²) in [6.07, 6.45) is 0. The Bertz CT molecular complexity index is 818. The zero-order valence-corrected chi connectivity index (χ0v) is 14.0. The predicted molar refractivity (Wildman–Crippen MR) is 86.7 cm³/mol. The Kier molecular flexibility index (Phi) is 4.47. The molecule has 0 heterocycles. The van der Waals surface area contributed by atoms with Crippen molar-refractivity contribution in [2.45, 2.75) is 31.1 Å². The molecule has 0 aliphatic heterocycles. The number of carbonyl (C=O) groups is 1. The summed E-state index contributed by atoms with van der Waals surface area (Å²) in [5, 5.41) is 10.8. The van der Waals surface area contributed by atoms with E-state index in [1.165, 1.54) is 36.4 Å². The van der Waals surface area contributed by atoms with Crippen LogP contribution in [0.3, 0.4) is 0 Å². The van der Waals surface area contributed by atoms with E-state index in [2.05, 4.69) is 4.72 Å². The zero-order chi connectivity index (χ0) is 17.3. The summed E-state index contributed by atoms with van der Waals surface area (Å²) in [5.74, 6) is -1.36. The van der Waals surface area contributed by atoms with E-state index in [1.807, 2.05) is 20.8 Å². The van der Waals surface area contributed by atoms with Crippen LogP contribution in [0, 0.1) is 0 Å². The molecule has 6 heteroatoms. The van der Waals surface area contributed by atoms with Crippen molar-refractivity contribution in [2.75, 3.05) is 4.72 Å². The molecule has 0 amide bonds. The van der Waals surface area contributed by atoms with Gasteiger partial charge >= 0.3 is 0 Å². The second kappa shape index (κ2) is 6.04. The van der Waals surface area contributed by atoms with Gasteiger partial charge < -0.3 is 9.90 Å². The van der Waals surface area contributed by atoms with E-state index in [-0.39, 0.29) is 21.6 Å². The average Bonchev–Trinajstić information content (AvgIpc) is 2.46. The molecule has 2 rings (SSSR count). The van der Waals surface area contributed by atoms with Gasteiger partial charge in [-0.15, -0.1) is 0 Å². The highest BCUT2D eigenvalue weighted by Crippen LogP contribution is 2.24. The molecule has 0 unspecified atom stereocenters. The minimum absolute atomic E-state index is 0.0709. The first-order valence-electron chi connectivity index (χ1n) is 7.04. The zero-order valence-electron chi connectivity index (χ0n) is 13.2. The van der Waals surface area contributed by atoms with Crippen molar-refractivity contribution >= 4 is 21.7 Å². The van der Waals surface area contributed by atoms with Crippen LogP contribution in [0.4, 0.5) is 5.69 Å². The molecule has 0 aliphatic carbocycles. The molecule has 0 fully saturated rings. The second-order valence-corrected chi connectivity index (χ2v) is 7.93. The van der Waals surface area contributed by atoms with Gasteiger partial charge in [0.2, 0.25) is 0 Å². The van der Waals surface area contributed by atoms with Gasteiger partial charge in [0, 0.05) is 5.69 Å². The fourth-order valence-corrected chi connectivity index (χ4v) is 3.11. The van der Waals surface area contributed by atoms with Crippen LogP contribution in [0.15, 0.2) is 53.4 Å². The van der Waals surface area contributed by atoms with Crippen molar-refractivity contribution in [1.29, 1.82) is 0 Å². The molecule has 0 atom stereocenters. The number of sulfonamides is 1. The number of carbonyl (C=O) groups excluding carboxylic acids is 1. The fraction of sp³-hybridized carbons (Fsp3) is 0.235. The van der Waals surface area contributed by atoms with Gasteiger partial charge in [0.05, 0.1) is 10.9 Å². The number of rotatable bonds is 4.